The third kappa shape index (κ3) is 3.03. The Kier molecular flexibility index (Phi) is 4.35. The Hall–Kier alpha value is -1.64. The van der Waals surface area contributed by atoms with Crippen LogP contribution in [0.1, 0.15) is 41.2 Å². The van der Waals surface area contributed by atoms with Crippen molar-refractivity contribution in [1.82, 2.24) is 0 Å². The number of hydrogen-bond acceptors (Lipinski definition) is 2. The summed E-state index contributed by atoms with van der Waals surface area (Å²) in [6.45, 7) is 4.73. The maximum Gasteiger partial charge on any atom is 0.104 e. The van der Waals surface area contributed by atoms with Crippen LogP contribution in [0, 0.1) is 6.92 Å². The Morgan fingerprint density at radius 2 is 1.74 bits per heavy atom. The predicted octanol–water partition coefficient (Wildman–Crippen LogP) is 3.14. The summed E-state index contributed by atoms with van der Waals surface area (Å²) in [6.07, 6.45) is -0.578. The van der Waals surface area contributed by atoms with Crippen LogP contribution in [-0.4, -0.2) is 11.7 Å². The van der Waals surface area contributed by atoms with Crippen molar-refractivity contribution in [3.05, 3.63) is 70.8 Å². The van der Waals surface area contributed by atoms with E-state index in [-0.39, 0.29) is 0 Å². The fourth-order valence-corrected chi connectivity index (χ4v) is 2.24. The first-order chi connectivity index (χ1) is 9.13. The van der Waals surface area contributed by atoms with E-state index in [2.05, 4.69) is 19.1 Å². The SMILES string of the molecule is Cc1ccccc1C(O)c1cccc(C(C)CN)c1. The first-order valence-corrected chi connectivity index (χ1v) is 6.67. The van der Waals surface area contributed by atoms with E-state index in [4.69, 9.17) is 5.73 Å². The highest BCUT2D eigenvalue weighted by atomic mass is 16.3. The molecule has 2 atom stereocenters. The molecule has 0 spiro atoms. The first-order valence-electron chi connectivity index (χ1n) is 6.67. The minimum Gasteiger partial charge on any atom is -0.384 e. The van der Waals surface area contributed by atoms with Crippen molar-refractivity contribution in [2.45, 2.75) is 25.9 Å². The van der Waals surface area contributed by atoms with Gasteiger partial charge in [0, 0.05) is 0 Å². The van der Waals surface area contributed by atoms with Crippen molar-refractivity contribution < 1.29 is 5.11 Å². The second-order valence-corrected chi connectivity index (χ2v) is 5.07. The molecule has 2 nitrogen and oxygen atoms in total. The Balaban J connectivity index is 2.34. The summed E-state index contributed by atoms with van der Waals surface area (Å²) in [4.78, 5) is 0. The zero-order chi connectivity index (χ0) is 13.8. The number of aliphatic hydroxyl groups is 1. The van der Waals surface area contributed by atoms with Gasteiger partial charge in [0.15, 0.2) is 0 Å². The highest BCUT2D eigenvalue weighted by Crippen LogP contribution is 2.26. The van der Waals surface area contributed by atoms with Gasteiger partial charge in [0.25, 0.3) is 0 Å². The van der Waals surface area contributed by atoms with E-state index in [1.54, 1.807) is 0 Å². The molecule has 0 bridgehead atoms. The summed E-state index contributed by atoms with van der Waals surface area (Å²) in [5.74, 6) is 0.309. The Morgan fingerprint density at radius 3 is 2.42 bits per heavy atom. The molecule has 2 aromatic carbocycles. The van der Waals surface area contributed by atoms with E-state index < -0.39 is 6.10 Å². The second-order valence-electron chi connectivity index (χ2n) is 5.07. The zero-order valence-electron chi connectivity index (χ0n) is 11.5. The van der Waals surface area contributed by atoms with E-state index in [1.165, 1.54) is 5.56 Å². The van der Waals surface area contributed by atoms with Crippen LogP contribution in [0.2, 0.25) is 0 Å². The van der Waals surface area contributed by atoms with Gasteiger partial charge in [-0.3, -0.25) is 0 Å². The molecule has 2 unspecified atom stereocenters. The number of benzene rings is 2. The Labute approximate surface area is 114 Å². The molecule has 0 aliphatic heterocycles. The minimum absolute atomic E-state index is 0.309. The van der Waals surface area contributed by atoms with Gasteiger partial charge in [0.05, 0.1) is 0 Å². The molecule has 19 heavy (non-hydrogen) atoms. The van der Waals surface area contributed by atoms with Gasteiger partial charge in [-0.15, -0.1) is 0 Å². The van der Waals surface area contributed by atoms with Crippen molar-refractivity contribution in [3.63, 3.8) is 0 Å². The van der Waals surface area contributed by atoms with Gasteiger partial charge in [-0.25, -0.2) is 0 Å². The average molecular weight is 255 g/mol. The second kappa shape index (κ2) is 6.00. The third-order valence-corrected chi connectivity index (χ3v) is 3.63. The molecule has 0 aliphatic carbocycles. The predicted molar refractivity (Wildman–Crippen MR) is 79.2 cm³/mol. The van der Waals surface area contributed by atoms with Crippen LogP contribution < -0.4 is 5.73 Å². The maximum absolute atomic E-state index is 10.5. The molecule has 0 heterocycles. The fourth-order valence-electron chi connectivity index (χ4n) is 2.24. The molecule has 0 aromatic heterocycles. The van der Waals surface area contributed by atoms with E-state index in [0.717, 1.165) is 16.7 Å². The quantitative estimate of drug-likeness (QED) is 0.881. The first kappa shape index (κ1) is 13.8. The van der Waals surface area contributed by atoms with Gasteiger partial charge in [-0.05, 0) is 41.6 Å². The summed E-state index contributed by atoms with van der Waals surface area (Å²) >= 11 is 0. The van der Waals surface area contributed by atoms with Crippen molar-refractivity contribution in [3.8, 4) is 0 Å². The molecule has 0 saturated heterocycles. The number of rotatable bonds is 4. The summed E-state index contributed by atoms with van der Waals surface area (Å²) < 4.78 is 0. The topological polar surface area (TPSA) is 46.2 Å². The average Bonchev–Trinajstić information content (AvgIpc) is 2.46. The molecule has 0 aliphatic rings. The van der Waals surface area contributed by atoms with E-state index >= 15 is 0 Å². The van der Waals surface area contributed by atoms with Crippen molar-refractivity contribution >= 4 is 0 Å². The maximum atomic E-state index is 10.5. The van der Waals surface area contributed by atoms with Gasteiger partial charge in [-0.1, -0.05) is 55.5 Å². The molecule has 2 aromatic rings. The lowest BCUT2D eigenvalue weighted by Crippen LogP contribution is -2.10. The van der Waals surface area contributed by atoms with Crippen LogP contribution in [0.3, 0.4) is 0 Å². The lowest BCUT2D eigenvalue weighted by atomic mass is 9.93. The minimum atomic E-state index is -0.578. The van der Waals surface area contributed by atoms with Gasteiger partial charge >= 0.3 is 0 Å². The van der Waals surface area contributed by atoms with Gasteiger partial charge in [0.2, 0.25) is 0 Å². The number of aliphatic hydroxyl groups excluding tert-OH is 1. The van der Waals surface area contributed by atoms with E-state index in [9.17, 15) is 5.11 Å². The van der Waals surface area contributed by atoms with Gasteiger partial charge in [0.1, 0.15) is 6.10 Å². The zero-order valence-corrected chi connectivity index (χ0v) is 11.5. The highest BCUT2D eigenvalue weighted by Gasteiger charge is 2.13. The fraction of sp³-hybridized carbons (Fsp3) is 0.294. The van der Waals surface area contributed by atoms with Crippen molar-refractivity contribution in [2.75, 3.05) is 6.54 Å². The van der Waals surface area contributed by atoms with Crippen LogP contribution in [0.25, 0.3) is 0 Å². The standard InChI is InChI=1S/C17H21NO/c1-12-6-3-4-9-16(12)17(19)15-8-5-7-14(10-15)13(2)11-18/h3-10,13,17,19H,11,18H2,1-2H3. The summed E-state index contributed by atoms with van der Waals surface area (Å²) in [6, 6.07) is 16.0. The lowest BCUT2D eigenvalue weighted by molar-refractivity contribution is 0.219. The van der Waals surface area contributed by atoms with Gasteiger partial charge < -0.3 is 10.8 Å². The third-order valence-electron chi connectivity index (χ3n) is 3.63. The molecule has 100 valence electrons. The largest absolute Gasteiger partial charge is 0.384 e. The summed E-state index contributed by atoms with van der Waals surface area (Å²) in [5.41, 5.74) is 9.86. The monoisotopic (exact) mass is 255 g/mol. The molecule has 0 amide bonds. The number of aryl methyl sites for hydroxylation is 1. The van der Waals surface area contributed by atoms with E-state index in [0.29, 0.717) is 12.5 Å². The van der Waals surface area contributed by atoms with Gasteiger partial charge in [-0.2, -0.15) is 0 Å². The number of hydrogen-bond donors (Lipinski definition) is 2. The summed E-state index contributed by atoms with van der Waals surface area (Å²) in [7, 11) is 0. The number of nitrogens with two attached hydrogens (primary N) is 1. The smallest absolute Gasteiger partial charge is 0.104 e. The summed E-state index contributed by atoms with van der Waals surface area (Å²) in [5, 5.41) is 10.5. The molecule has 0 fully saturated rings. The van der Waals surface area contributed by atoms with Crippen LogP contribution in [0.15, 0.2) is 48.5 Å². The normalized spacial score (nSPS) is 14.1. The van der Waals surface area contributed by atoms with Crippen LogP contribution in [-0.2, 0) is 0 Å². The van der Waals surface area contributed by atoms with Crippen molar-refractivity contribution in [2.24, 2.45) is 5.73 Å². The van der Waals surface area contributed by atoms with E-state index in [1.807, 2.05) is 43.3 Å². The molecular formula is C17H21NO. The Bertz CT molecular complexity index is 550. The Morgan fingerprint density at radius 1 is 1.05 bits per heavy atom. The molecule has 2 heteroatoms. The highest BCUT2D eigenvalue weighted by molar-refractivity contribution is 5.37. The van der Waals surface area contributed by atoms with Crippen LogP contribution in [0.5, 0.6) is 0 Å². The molecule has 2 rings (SSSR count). The lowest BCUT2D eigenvalue weighted by Gasteiger charge is -2.16. The molecule has 3 N–H and O–H groups in total. The van der Waals surface area contributed by atoms with Crippen molar-refractivity contribution in [1.29, 1.82) is 0 Å². The molecular weight excluding hydrogens is 234 g/mol. The molecule has 0 radical (unpaired) electrons. The van der Waals surface area contributed by atoms with Crippen LogP contribution in [0.4, 0.5) is 0 Å². The molecule has 0 saturated carbocycles. The van der Waals surface area contributed by atoms with Crippen LogP contribution >= 0.6 is 0 Å².